The van der Waals surface area contributed by atoms with Crippen LogP contribution in [0.3, 0.4) is 0 Å². The van der Waals surface area contributed by atoms with Crippen LogP contribution < -0.4 is 4.90 Å². The highest BCUT2D eigenvalue weighted by molar-refractivity contribution is 5.87. The minimum Gasteiger partial charge on any atom is -0.310 e. The SMILES string of the molecule is CC1(C)CCC(C)(C)c2c(N(c3ccc(-c4ccccc4)cc3)c3ccc(-c4ccc5c(c4)C4(c6ccccc6-5)C5CC6CCC7CCC65C74)cc3)cccc21. The minimum absolute atomic E-state index is 0.0694. The topological polar surface area (TPSA) is 3.24 Å². The number of nitrogens with zero attached hydrogens (tertiary/aromatic N) is 1. The Morgan fingerprint density at radius 1 is 0.500 bits per heavy atom. The van der Waals surface area contributed by atoms with Crippen LogP contribution in [-0.2, 0) is 16.2 Å². The van der Waals surface area contributed by atoms with Gasteiger partial charge in [0.2, 0.25) is 0 Å². The molecule has 1 nitrogen and oxygen atoms in total. The molecule has 4 fully saturated rings. The Hall–Kier alpha value is -4.88. The van der Waals surface area contributed by atoms with Crippen LogP contribution in [-0.4, -0.2) is 0 Å². The zero-order valence-corrected chi connectivity index (χ0v) is 33.5. The Morgan fingerprint density at radius 2 is 1.12 bits per heavy atom. The Bertz CT molecular complexity index is 2540. The lowest BCUT2D eigenvalue weighted by molar-refractivity contribution is -0.264. The summed E-state index contributed by atoms with van der Waals surface area (Å²) in [6.45, 7) is 9.78. The molecule has 0 heterocycles. The monoisotopic (exact) mass is 727 g/mol. The number of hydrogen-bond acceptors (Lipinski definition) is 1. The summed E-state index contributed by atoms with van der Waals surface area (Å²) >= 11 is 0. The lowest BCUT2D eigenvalue weighted by atomic mass is 9.24. The van der Waals surface area contributed by atoms with E-state index in [4.69, 9.17) is 0 Å². The highest BCUT2D eigenvalue weighted by atomic mass is 15.1. The standard InChI is InChI=1S/C55H53N/c1-52(2)31-32-53(3,4)50-46(52)15-10-16-48(50)56(41-24-18-36(19-25-41)35-11-6-5-7-12-35)42-26-20-37(21-27-42)39-22-28-44-43-13-8-9-14-45(43)55(47(44)33-39)49-34-40-23-17-38-29-30-54(40,49)51(38)55/h5-16,18-22,24-28,33,38,40,49,51H,17,23,29-32,34H2,1-4H3. The zero-order chi connectivity index (χ0) is 37.6. The Balaban J connectivity index is 0.970. The van der Waals surface area contributed by atoms with E-state index in [-0.39, 0.29) is 16.2 Å². The maximum atomic E-state index is 2.65. The Kier molecular flexibility index (Phi) is 6.76. The summed E-state index contributed by atoms with van der Waals surface area (Å²) in [5.41, 5.74) is 19.2. The Morgan fingerprint density at radius 3 is 1.89 bits per heavy atom. The number of benzene rings is 6. The predicted octanol–water partition coefficient (Wildman–Crippen LogP) is 14.6. The molecule has 56 heavy (non-hydrogen) atoms. The lowest BCUT2D eigenvalue weighted by Crippen LogP contribution is -2.76. The van der Waals surface area contributed by atoms with Crippen LogP contribution in [0.25, 0.3) is 33.4 Å². The molecular weight excluding hydrogens is 675 g/mol. The second-order valence-electron chi connectivity index (χ2n) is 19.9. The molecule has 278 valence electrons. The second-order valence-corrected chi connectivity index (χ2v) is 19.9. The molecule has 0 aliphatic heterocycles. The van der Waals surface area contributed by atoms with E-state index in [1.54, 1.807) is 11.1 Å². The molecule has 2 bridgehead atoms. The molecule has 6 unspecified atom stereocenters. The van der Waals surface area contributed by atoms with Crippen molar-refractivity contribution in [3.05, 3.63) is 162 Å². The van der Waals surface area contributed by atoms with Crippen molar-refractivity contribution in [2.24, 2.45) is 29.1 Å². The molecule has 6 aromatic rings. The zero-order valence-electron chi connectivity index (χ0n) is 33.5. The maximum Gasteiger partial charge on any atom is 0.0502 e. The van der Waals surface area contributed by atoms with E-state index in [0.29, 0.717) is 5.41 Å². The van der Waals surface area contributed by atoms with Gasteiger partial charge in [-0.1, -0.05) is 131 Å². The van der Waals surface area contributed by atoms with E-state index in [2.05, 4.69) is 172 Å². The fourth-order valence-corrected chi connectivity index (χ4v) is 14.3. The normalized spacial score (nSPS) is 29.0. The molecule has 4 saturated carbocycles. The van der Waals surface area contributed by atoms with Crippen LogP contribution in [0.1, 0.15) is 94.9 Å². The number of hydrogen-bond donors (Lipinski definition) is 0. The van der Waals surface area contributed by atoms with Crippen molar-refractivity contribution in [3.63, 3.8) is 0 Å². The summed E-state index contributed by atoms with van der Waals surface area (Å²) in [5.74, 6) is 3.54. The quantitative estimate of drug-likeness (QED) is 0.171. The smallest absolute Gasteiger partial charge is 0.0502 e. The molecule has 0 N–H and O–H groups in total. The fraction of sp³-hybridized carbons (Fsp3) is 0.345. The van der Waals surface area contributed by atoms with Crippen LogP contribution in [0.15, 0.2) is 140 Å². The average molecular weight is 728 g/mol. The molecule has 6 atom stereocenters. The number of rotatable bonds is 5. The highest BCUT2D eigenvalue weighted by Crippen LogP contribution is 2.88. The highest BCUT2D eigenvalue weighted by Gasteiger charge is 2.83. The van der Waals surface area contributed by atoms with Gasteiger partial charge in [-0.2, -0.15) is 0 Å². The van der Waals surface area contributed by atoms with E-state index in [0.717, 1.165) is 23.7 Å². The first kappa shape index (κ1) is 33.3. The van der Waals surface area contributed by atoms with Gasteiger partial charge >= 0.3 is 0 Å². The van der Waals surface area contributed by atoms with Gasteiger partial charge in [-0.15, -0.1) is 0 Å². The summed E-state index contributed by atoms with van der Waals surface area (Å²) in [5, 5.41) is 0. The van der Waals surface area contributed by atoms with Gasteiger partial charge in [0.25, 0.3) is 0 Å². The van der Waals surface area contributed by atoms with Crippen molar-refractivity contribution in [2.45, 2.75) is 88.9 Å². The van der Waals surface area contributed by atoms with E-state index in [1.165, 1.54) is 107 Å². The van der Waals surface area contributed by atoms with E-state index >= 15 is 0 Å². The van der Waals surface area contributed by atoms with E-state index in [1.807, 2.05) is 0 Å². The predicted molar refractivity (Wildman–Crippen MR) is 233 cm³/mol. The largest absolute Gasteiger partial charge is 0.310 e. The fourth-order valence-electron chi connectivity index (χ4n) is 14.3. The van der Waals surface area contributed by atoms with E-state index in [9.17, 15) is 0 Å². The first-order valence-corrected chi connectivity index (χ1v) is 21.7. The third-order valence-corrected chi connectivity index (χ3v) is 16.7. The number of anilines is 3. The van der Waals surface area contributed by atoms with Crippen molar-refractivity contribution < 1.29 is 0 Å². The average Bonchev–Trinajstić information content (AvgIpc) is 3.68. The van der Waals surface area contributed by atoms with Crippen LogP contribution in [0, 0.1) is 29.1 Å². The summed E-state index contributed by atoms with van der Waals surface area (Å²) in [4.78, 5) is 2.54. The van der Waals surface area contributed by atoms with Crippen molar-refractivity contribution in [3.8, 4) is 33.4 Å². The van der Waals surface area contributed by atoms with Crippen LogP contribution in [0.4, 0.5) is 17.1 Å². The second kappa shape index (κ2) is 11.4. The van der Waals surface area contributed by atoms with Crippen LogP contribution >= 0.6 is 0 Å². The van der Waals surface area contributed by atoms with Gasteiger partial charge in [-0.05, 0) is 177 Å². The van der Waals surface area contributed by atoms with Crippen molar-refractivity contribution >= 4 is 17.1 Å². The van der Waals surface area contributed by atoms with Gasteiger partial charge in [0, 0.05) is 16.8 Å². The third kappa shape index (κ3) is 4.17. The van der Waals surface area contributed by atoms with Gasteiger partial charge in [0.1, 0.15) is 0 Å². The molecule has 0 aromatic heterocycles. The Labute approximate surface area is 333 Å². The van der Waals surface area contributed by atoms with Gasteiger partial charge < -0.3 is 4.90 Å². The maximum absolute atomic E-state index is 2.65. The molecule has 0 amide bonds. The van der Waals surface area contributed by atoms with Gasteiger partial charge in [-0.3, -0.25) is 0 Å². The molecule has 0 saturated heterocycles. The molecule has 6 aliphatic carbocycles. The van der Waals surface area contributed by atoms with Crippen molar-refractivity contribution in [1.82, 2.24) is 0 Å². The summed E-state index contributed by atoms with van der Waals surface area (Å²) in [7, 11) is 0. The minimum atomic E-state index is 0.0694. The van der Waals surface area contributed by atoms with E-state index < -0.39 is 0 Å². The van der Waals surface area contributed by atoms with Gasteiger partial charge in [0.15, 0.2) is 0 Å². The van der Waals surface area contributed by atoms with Crippen LogP contribution in [0.2, 0.25) is 0 Å². The first-order chi connectivity index (χ1) is 27.2. The van der Waals surface area contributed by atoms with Crippen molar-refractivity contribution in [1.29, 1.82) is 0 Å². The van der Waals surface area contributed by atoms with Crippen molar-refractivity contribution in [2.75, 3.05) is 4.90 Å². The molecular formula is C55H53N. The summed E-state index contributed by atoms with van der Waals surface area (Å²) in [6.07, 6.45) is 9.71. The molecule has 6 aromatic carbocycles. The summed E-state index contributed by atoms with van der Waals surface area (Å²) < 4.78 is 0. The molecule has 0 radical (unpaired) electrons. The van der Waals surface area contributed by atoms with Gasteiger partial charge in [-0.25, -0.2) is 0 Å². The third-order valence-electron chi connectivity index (χ3n) is 16.7. The number of fused-ring (bicyclic) bond motifs is 7. The molecule has 6 aliphatic rings. The molecule has 1 heteroatoms. The lowest BCUT2D eigenvalue weighted by Gasteiger charge is -2.79. The molecule has 2 spiro atoms. The summed E-state index contributed by atoms with van der Waals surface area (Å²) in [6, 6.07) is 53.7. The van der Waals surface area contributed by atoms with Gasteiger partial charge in [0.05, 0.1) is 5.69 Å². The van der Waals surface area contributed by atoms with Crippen LogP contribution in [0.5, 0.6) is 0 Å². The molecule has 12 rings (SSSR count). The first-order valence-electron chi connectivity index (χ1n) is 21.7.